The van der Waals surface area contributed by atoms with Gasteiger partial charge >= 0.3 is 0 Å². The first-order valence-corrected chi connectivity index (χ1v) is 3.87. The van der Waals surface area contributed by atoms with Gasteiger partial charge in [-0.05, 0) is 32.5 Å². The average Bonchev–Trinajstić information content (AvgIpc) is 1.87. The second-order valence-electron chi connectivity index (χ2n) is 2.33. The lowest BCUT2D eigenvalue weighted by atomic mass is 10.3. The van der Waals surface area contributed by atoms with E-state index in [1.807, 2.05) is 13.8 Å². The normalized spacial score (nSPS) is 16.0. The lowest BCUT2D eigenvalue weighted by molar-refractivity contribution is 0.159. The fourth-order valence-electron chi connectivity index (χ4n) is 0.380. The van der Waals surface area contributed by atoms with Crippen molar-refractivity contribution in [3.63, 3.8) is 0 Å². The van der Waals surface area contributed by atoms with Gasteiger partial charge in [-0.3, -0.25) is 0 Å². The Morgan fingerprint density at radius 1 is 1.60 bits per heavy atom. The van der Waals surface area contributed by atoms with Crippen molar-refractivity contribution in [1.82, 2.24) is 0 Å². The molecule has 0 aromatic heterocycles. The van der Waals surface area contributed by atoms with Crippen LogP contribution in [0.25, 0.3) is 0 Å². The van der Waals surface area contributed by atoms with E-state index in [9.17, 15) is 0 Å². The lowest BCUT2D eigenvalue weighted by Gasteiger charge is -2.14. The fourth-order valence-corrected chi connectivity index (χ4v) is 0.544. The maximum absolute atomic E-state index is 8.90. The van der Waals surface area contributed by atoms with E-state index in [-0.39, 0.29) is 11.2 Å². The molecule has 1 N–H and O–H groups in total. The summed E-state index contributed by atoms with van der Waals surface area (Å²) in [5, 5.41) is 9.19. The topological polar surface area (TPSA) is 29.5 Å². The van der Waals surface area contributed by atoms with Crippen LogP contribution >= 0.6 is 12.2 Å². The molecule has 0 aliphatic carbocycles. The fraction of sp³-hybridized carbons (Fsp3) is 0.857. The van der Waals surface area contributed by atoms with E-state index in [2.05, 4.69) is 0 Å². The van der Waals surface area contributed by atoms with Gasteiger partial charge < -0.3 is 9.84 Å². The van der Waals surface area contributed by atoms with Crippen molar-refractivity contribution < 1.29 is 9.84 Å². The Morgan fingerprint density at radius 3 is 2.40 bits per heavy atom. The molecule has 0 aliphatic rings. The van der Waals surface area contributed by atoms with Gasteiger partial charge in [0.1, 0.15) is 6.10 Å². The van der Waals surface area contributed by atoms with Crippen molar-refractivity contribution in [3.8, 4) is 0 Å². The molecule has 0 rings (SSSR count). The molecule has 0 aromatic rings. The quantitative estimate of drug-likeness (QED) is 0.638. The molecule has 0 heterocycles. The zero-order valence-electron chi connectivity index (χ0n) is 6.63. The van der Waals surface area contributed by atoms with Gasteiger partial charge in [0.2, 0.25) is 0 Å². The highest BCUT2D eigenvalue weighted by atomic mass is 32.1. The van der Waals surface area contributed by atoms with Crippen LogP contribution in [-0.2, 0) is 4.74 Å². The van der Waals surface area contributed by atoms with Crippen molar-refractivity contribution in [2.75, 3.05) is 0 Å². The maximum Gasteiger partial charge on any atom is 0.188 e. The van der Waals surface area contributed by atoms with E-state index >= 15 is 0 Å². The Morgan fingerprint density at radius 2 is 2.10 bits per heavy atom. The molecule has 3 heteroatoms. The average molecular weight is 162 g/mol. The Labute approximate surface area is 67.2 Å². The number of hydrogen-bond donors (Lipinski definition) is 1. The minimum absolute atomic E-state index is 0.113. The van der Waals surface area contributed by atoms with Gasteiger partial charge in [-0.2, -0.15) is 0 Å². The molecule has 0 amide bonds. The predicted molar refractivity (Wildman–Crippen MR) is 45.1 cm³/mol. The highest BCUT2D eigenvalue weighted by Crippen LogP contribution is 2.00. The molecule has 0 radical (unpaired) electrons. The van der Waals surface area contributed by atoms with Crippen LogP contribution in [0.4, 0.5) is 0 Å². The highest BCUT2D eigenvalue weighted by Gasteiger charge is 2.07. The van der Waals surface area contributed by atoms with Gasteiger partial charge in [0.05, 0.1) is 6.10 Å². The van der Waals surface area contributed by atoms with Crippen LogP contribution in [-0.4, -0.2) is 22.4 Å². The van der Waals surface area contributed by atoms with Crippen LogP contribution in [0.5, 0.6) is 0 Å². The van der Waals surface area contributed by atoms with Crippen molar-refractivity contribution in [2.45, 2.75) is 39.4 Å². The third-order valence-electron chi connectivity index (χ3n) is 1.23. The zero-order chi connectivity index (χ0) is 8.15. The molecule has 0 saturated heterocycles. The molecular formula is C7H14O2S. The molecule has 2 unspecified atom stereocenters. The number of ether oxygens (including phenoxy) is 1. The third kappa shape index (κ3) is 3.80. The smallest absolute Gasteiger partial charge is 0.188 e. The molecule has 0 fully saturated rings. The van der Waals surface area contributed by atoms with Crippen molar-refractivity contribution in [2.24, 2.45) is 0 Å². The first-order chi connectivity index (χ1) is 4.57. The Kier molecular flexibility index (Phi) is 4.56. The van der Waals surface area contributed by atoms with Crippen LogP contribution in [0, 0.1) is 0 Å². The van der Waals surface area contributed by atoms with Crippen molar-refractivity contribution in [1.29, 1.82) is 0 Å². The van der Waals surface area contributed by atoms with E-state index in [0.717, 1.165) is 6.42 Å². The molecule has 10 heavy (non-hydrogen) atoms. The molecule has 0 bridgehead atoms. The van der Waals surface area contributed by atoms with Crippen molar-refractivity contribution in [3.05, 3.63) is 0 Å². The van der Waals surface area contributed by atoms with Gasteiger partial charge in [-0.15, -0.1) is 0 Å². The van der Waals surface area contributed by atoms with Crippen LogP contribution < -0.4 is 0 Å². The molecular weight excluding hydrogens is 148 g/mol. The Balaban J connectivity index is 3.57. The van der Waals surface area contributed by atoms with E-state index < -0.39 is 6.10 Å². The van der Waals surface area contributed by atoms with Crippen LogP contribution in [0.3, 0.4) is 0 Å². The number of aliphatic hydroxyl groups excluding tert-OH is 1. The summed E-state index contributed by atoms with van der Waals surface area (Å²) < 4.78 is 5.14. The number of aliphatic hydroxyl groups is 1. The van der Waals surface area contributed by atoms with E-state index in [0.29, 0.717) is 0 Å². The summed E-state index contributed by atoms with van der Waals surface area (Å²) in [4.78, 5) is 0. The van der Waals surface area contributed by atoms with Gasteiger partial charge in [0, 0.05) is 0 Å². The molecule has 0 saturated carbocycles. The largest absolute Gasteiger partial charge is 0.481 e. The zero-order valence-corrected chi connectivity index (χ0v) is 7.44. The van der Waals surface area contributed by atoms with E-state index in [1.165, 1.54) is 0 Å². The maximum atomic E-state index is 8.90. The minimum Gasteiger partial charge on any atom is -0.481 e. The SMILES string of the molecule is CCC(C)OC(=S)C(C)O. The molecule has 0 aromatic carbocycles. The van der Waals surface area contributed by atoms with Gasteiger partial charge in [-0.25, -0.2) is 0 Å². The summed E-state index contributed by atoms with van der Waals surface area (Å²) in [5.41, 5.74) is 0. The second kappa shape index (κ2) is 4.63. The number of thiocarbonyl (C=S) groups is 1. The molecule has 0 aliphatic heterocycles. The molecule has 0 spiro atoms. The minimum atomic E-state index is -0.635. The van der Waals surface area contributed by atoms with Gasteiger partial charge in [0.25, 0.3) is 0 Å². The second-order valence-corrected chi connectivity index (χ2v) is 2.73. The summed E-state index contributed by atoms with van der Waals surface area (Å²) in [5.74, 6) is 0. The Bertz CT molecular complexity index is 112. The standard InChI is InChI=1S/C7H14O2S/c1-4-5(2)9-7(10)6(3)8/h5-6,8H,4H2,1-3H3. The first-order valence-electron chi connectivity index (χ1n) is 3.46. The molecule has 2 atom stereocenters. The molecule has 2 nitrogen and oxygen atoms in total. The third-order valence-corrected chi connectivity index (χ3v) is 1.67. The summed E-state index contributed by atoms with van der Waals surface area (Å²) in [6, 6.07) is 0. The summed E-state index contributed by atoms with van der Waals surface area (Å²) in [6.45, 7) is 5.54. The number of rotatable bonds is 3. The van der Waals surface area contributed by atoms with Crippen LogP contribution in [0.15, 0.2) is 0 Å². The summed E-state index contributed by atoms with van der Waals surface area (Å²) >= 11 is 4.75. The van der Waals surface area contributed by atoms with E-state index in [1.54, 1.807) is 6.92 Å². The summed E-state index contributed by atoms with van der Waals surface area (Å²) in [7, 11) is 0. The van der Waals surface area contributed by atoms with Crippen LogP contribution in [0.2, 0.25) is 0 Å². The Hall–Kier alpha value is -0.150. The number of hydrogen-bond acceptors (Lipinski definition) is 3. The highest BCUT2D eigenvalue weighted by molar-refractivity contribution is 7.80. The van der Waals surface area contributed by atoms with Gasteiger partial charge in [0.15, 0.2) is 5.05 Å². The summed E-state index contributed by atoms with van der Waals surface area (Å²) in [6.07, 6.45) is 0.387. The molecule has 60 valence electrons. The lowest BCUT2D eigenvalue weighted by Crippen LogP contribution is -2.21. The monoisotopic (exact) mass is 162 g/mol. The van der Waals surface area contributed by atoms with Crippen molar-refractivity contribution >= 4 is 17.3 Å². The van der Waals surface area contributed by atoms with Crippen LogP contribution in [0.1, 0.15) is 27.2 Å². The first kappa shape index (κ1) is 9.85. The predicted octanol–water partition coefficient (Wildman–Crippen LogP) is 1.51. The van der Waals surface area contributed by atoms with E-state index in [4.69, 9.17) is 22.1 Å². The van der Waals surface area contributed by atoms with Gasteiger partial charge in [-0.1, -0.05) is 6.92 Å².